The molecule has 2 aromatic carbocycles. The predicted molar refractivity (Wildman–Crippen MR) is 133 cm³/mol. The zero-order valence-electron chi connectivity index (χ0n) is 20.6. The zero-order valence-corrected chi connectivity index (χ0v) is 20.6. The number of hydrogen-bond donors (Lipinski definition) is 1. The minimum absolute atomic E-state index is 0.0488. The summed E-state index contributed by atoms with van der Waals surface area (Å²) in [4.78, 5) is 46.2. The van der Waals surface area contributed by atoms with Gasteiger partial charge in [-0.25, -0.2) is 4.79 Å². The van der Waals surface area contributed by atoms with Gasteiger partial charge in [-0.1, -0.05) is 54.1 Å². The van der Waals surface area contributed by atoms with Crippen molar-refractivity contribution in [3.05, 3.63) is 82.1 Å². The van der Waals surface area contributed by atoms with Gasteiger partial charge in [-0.2, -0.15) is 0 Å². The summed E-state index contributed by atoms with van der Waals surface area (Å²) >= 11 is 0. The zero-order chi connectivity index (χ0) is 24.7. The van der Waals surface area contributed by atoms with Gasteiger partial charge >= 0.3 is 6.03 Å². The average Bonchev–Trinajstić information content (AvgIpc) is 3.49. The van der Waals surface area contributed by atoms with Gasteiger partial charge in [0.1, 0.15) is 6.04 Å². The van der Waals surface area contributed by atoms with E-state index in [0.717, 1.165) is 35.1 Å². The normalized spacial score (nSPS) is 20.9. The van der Waals surface area contributed by atoms with E-state index < -0.39 is 12.1 Å². The highest BCUT2D eigenvalue weighted by Crippen LogP contribution is 2.41. The summed E-state index contributed by atoms with van der Waals surface area (Å²) in [5.74, 6) is -0.239. The molecule has 1 fully saturated rings. The van der Waals surface area contributed by atoms with Crippen LogP contribution in [0.15, 0.2) is 59.8 Å². The molecular weight excluding hydrogens is 440 g/mol. The van der Waals surface area contributed by atoms with Gasteiger partial charge in [0.05, 0.1) is 23.9 Å². The van der Waals surface area contributed by atoms with E-state index in [2.05, 4.69) is 11.4 Å². The molecule has 0 aliphatic carbocycles. The van der Waals surface area contributed by atoms with E-state index in [0.29, 0.717) is 30.9 Å². The molecule has 0 radical (unpaired) electrons. The summed E-state index contributed by atoms with van der Waals surface area (Å²) in [6.07, 6.45) is 1.96. The Morgan fingerprint density at radius 1 is 1.06 bits per heavy atom. The molecule has 0 unspecified atom stereocenters. The summed E-state index contributed by atoms with van der Waals surface area (Å²) in [6.45, 7) is 8.03. The van der Waals surface area contributed by atoms with Gasteiger partial charge in [0.2, 0.25) is 5.91 Å². The van der Waals surface area contributed by atoms with Crippen LogP contribution in [-0.4, -0.2) is 58.7 Å². The van der Waals surface area contributed by atoms with Crippen LogP contribution in [0.4, 0.5) is 4.79 Å². The fraction of sp³-hybridized carbons (Fsp3) is 0.393. The Labute approximate surface area is 206 Å². The highest BCUT2D eigenvalue weighted by atomic mass is 16.2. The molecule has 4 amide bonds. The van der Waals surface area contributed by atoms with E-state index in [1.54, 1.807) is 9.80 Å². The second-order valence-electron chi connectivity index (χ2n) is 9.63. The van der Waals surface area contributed by atoms with Crippen LogP contribution in [0.1, 0.15) is 54.1 Å². The minimum Gasteiger partial charge on any atom is -0.341 e. The Morgan fingerprint density at radius 3 is 2.43 bits per heavy atom. The Balaban J connectivity index is 1.58. The molecule has 35 heavy (non-hydrogen) atoms. The lowest BCUT2D eigenvalue weighted by atomic mass is 9.91. The van der Waals surface area contributed by atoms with Crippen LogP contribution < -0.4 is 5.32 Å². The molecule has 7 nitrogen and oxygen atoms in total. The molecule has 5 rings (SSSR count). The fourth-order valence-electron chi connectivity index (χ4n) is 5.64. The number of rotatable bonds is 5. The Morgan fingerprint density at radius 2 is 1.77 bits per heavy atom. The Kier molecular flexibility index (Phi) is 6.09. The smallest absolute Gasteiger partial charge is 0.322 e. The molecule has 2 atom stereocenters. The standard InChI is InChI=1S/C28H32N4O3/c1-4-31-22-17-32(25(20-10-6-5-7-11-20)27(34)30-14-8-9-15-30)26(33)23(22)24(29-28(31)35)21-13-12-18(2)16-19(21)3/h5-7,10-13,16,24-25H,4,8-9,14-15,17H2,1-3H3,(H,29,35)/t24-,25+/m0/s1. The number of urea groups is 1. The molecule has 0 bridgehead atoms. The molecule has 0 saturated carbocycles. The first kappa shape index (κ1) is 23.1. The van der Waals surface area contributed by atoms with Crippen LogP contribution >= 0.6 is 0 Å². The van der Waals surface area contributed by atoms with Crippen LogP contribution in [0.5, 0.6) is 0 Å². The van der Waals surface area contributed by atoms with Crippen molar-refractivity contribution in [2.45, 2.75) is 45.7 Å². The molecule has 0 spiro atoms. The predicted octanol–water partition coefficient (Wildman–Crippen LogP) is 3.85. The minimum atomic E-state index is -0.721. The maximum absolute atomic E-state index is 14.1. The molecule has 182 valence electrons. The molecule has 1 saturated heterocycles. The number of aryl methyl sites for hydroxylation is 2. The maximum Gasteiger partial charge on any atom is 0.322 e. The number of carbonyl (C=O) groups is 3. The van der Waals surface area contributed by atoms with Gasteiger partial charge in [-0.3, -0.25) is 14.5 Å². The number of benzene rings is 2. The number of nitrogens with zero attached hydrogens (tertiary/aromatic N) is 3. The largest absolute Gasteiger partial charge is 0.341 e. The Bertz CT molecular complexity index is 1200. The molecule has 2 aromatic rings. The number of carbonyl (C=O) groups excluding carboxylic acids is 3. The second kappa shape index (κ2) is 9.21. The van der Waals surface area contributed by atoms with Crippen molar-refractivity contribution in [1.29, 1.82) is 0 Å². The molecule has 3 aliphatic rings. The topological polar surface area (TPSA) is 73.0 Å². The molecule has 3 heterocycles. The fourth-order valence-corrected chi connectivity index (χ4v) is 5.64. The van der Waals surface area contributed by atoms with Crippen molar-refractivity contribution in [2.75, 3.05) is 26.2 Å². The maximum atomic E-state index is 14.1. The van der Waals surface area contributed by atoms with Crippen molar-refractivity contribution < 1.29 is 14.4 Å². The van der Waals surface area contributed by atoms with Gasteiger partial charge in [0.15, 0.2) is 0 Å². The number of likely N-dealkylation sites (N-methyl/N-ethyl adjacent to an activating group) is 1. The van der Waals surface area contributed by atoms with Gasteiger partial charge in [-0.05, 0) is 50.3 Å². The number of amides is 4. The third-order valence-corrected chi connectivity index (χ3v) is 7.38. The summed E-state index contributed by atoms with van der Waals surface area (Å²) in [5.41, 5.74) is 5.10. The molecule has 7 heteroatoms. The molecular formula is C28H32N4O3. The lowest BCUT2D eigenvalue weighted by molar-refractivity contribution is -0.142. The van der Waals surface area contributed by atoms with E-state index in [4.69, 9.17) is 0 Å². The van der Waals surface area contributed by atoms with E-state index >= 15 is 0 Å². The van der Waals surface area contributed by atoms with Crippen LogP contribution in [-0.2, 0) is 9.59 Å². The Hall–Kier alpha value is -3.61. The number of likely N-dealkylation sites (tertiary alicyclic amines) is 1. The van der Waals surface area contributed by atoms with Crippen LogP contribution in [0.25, 0.3) is 0 Å². The summed E-state index contributed by atoms with van der Waals surface area (Å²) in [7, 11) is 0. The third-order valence-electron chi connectivity index (χ3n) is 7.38. The van der Waals surface area contributed by atoms with E-state index in [9.17, 15) is 14.4 Å². The first-order chi connectivity index (χ1) is 16.9. The van der Waals surface area contributed by atoms with Gasteiger partial charge in [-0.15, -0.1) is 0 Å². The van der Waals surface area contributed by atoms with Gasteiger partial charge in [0, 0.05) is 19.6 Å². The second-order valence-corrected chi connectivity index (χ2v) is 9.63. The molecule has 3 aliphatic heterocycles. The first-order valence-electron chi connectivity index (χ1n) is 12.4. The van der Waals surface area contributed by atoms with Crippen molar-refractivity contribution in [2.24, 2.45) is 0 Å². The monoisotopic (exact) mass is 472 g/mol. The SMILES string of the molecule is CCN1C(=O)N[C@@H](c2ccc(C)cc2C)C2=C1CN([C@@H](C(=O)N1CCCC1)c1ccccc1)C2=O. The van der Waals surface area contributed by atoms with Crippen molar-refractivity contribution in [3.8, 4) is 0 Å². The van der Waals surface area contributed by atoms with Crippen molar-refractivity contribution in [3.63, 3.8) is 0 Å². The number of hydrogen-bond acceptors (Lipinski definition) is 3. The van der Waals surface area contributed by atoms with E-state index in [1.165, 1.54) is 0 Å². The van der Waals surface area contributed by atoms with Gasteiger partial charge < -0.3 is 15.1 Å². The van der Waals surface area contributed by atoms with E-state index in [-0.39, 0.29) is 24.4 Å². The average molecular weight is 473 g/mol. The van der Waals surface area contributed by atoms with Crippen molar-refractivity contribution in [1.82, 2.24) is 20.0 Å². The lowest BCUT2D eigenvalue weighted by Gasteiger charge is -2.33. The molecule has 1 N–H and O–H groups in total. The summed E-state index contributed by atoms with van der Waals surface area (Å²) < 4.78 is 0. The number of nitrogens with one attached hydrogen (secondary N) is 1. The lowest BCUT2D eigenvalue weighted by Crippen LogP contribution is -2.47. The van der Waals surface area contributed by atoms with Crippen LogP contribution in [0.2, 0.25) is 0 Å². The van der Waals surface area contributed by atoms with Crippen LogP contribution in [0, 0.1) is 13.8 Å². The third kappa shape index (κ3) is 3.99. The summed E-state index contributed by atoms with van der Waals surface area (Å²) in [6, 6.07) is 14.1. The summed E-state index contributed by atoms with van der Waals surface area (Å²) in [5, 5.41) is 3.07. The quantitative estimate of drug-likeness (QED) is 0.719. The highest BCUT2D eigenvalue weighted by molar-refractivity contribution is 6.04. The van der Waals surface area contributed by atoms with Gasteiger partial charge in [0.25, 0.3) is 5.91 Å². The molecule has 0 aromatic heterocycles. The van der Waals surface area contributed by atoms with Crippen molar-refractivity contribution >= 4 is 17.8 Å². The first-order valence-corrected chi connectivity index (χ1v) is 12.4. The highest BCUT2D eigenvalue weighted by Gasteiger charge is 2.48. The van der Waals surface area contributed by atoms with E-state index in [1.807, 2.05) is 68.1 Å². The van der Waals surface area contributed by atoms with Crippen LogP contribution in [0.3, 0.4) is 0 Å².